The Bertz CT molecular complexity index is 271. The molecule has 1 aliphatic rings. The molecule has 0 bridgehead atoms. The number of rotatable bonds is 6. The largest absolute Gasteiger partial charge is 0.396 e. The smallest absolute Gasteiger partial charge is 0.315 e. The minimum Gasteiger partial charge on any atom is -0.396 e. The second-order valence-corrected chi connectivity index (χ2v) is 5.71. The van der Waals surface area contributed by atoms with Gasteiger partial charge in [-0.15, -0.1) is 0 Å². The molecule has 5 nitrogen and oxygen atoms in total. The Balaban J connectivity index is 2.33. The van der Waals surface area contributed by atoms with Crippen molar-refractivity contribution in [2.45, 2.75) is 51.7 Å². The topological polar surface area (TPSA) is 70.6 Å². The SMILES string of the molecule is CO[C@H](CNC(=O)N[C@@H]1CCCC[C@@H]1CO)C(C)C. The highest BCUT2D eigenvalue weighted by molar-refractivity contribution is 5.74. The lowest BCUT2D eigenvalue weighted by molar-refractivity contribution is 0.0662. The predicted molar refractivity (Wildman–Crippen MR) is 75.0 cm³/mol. The zero-order valence-electron chi connectivity index (χ0n) is 12.3. The minimum atomic E-state index is -0.159. The summed E-state index contributed by atoms with van der Waals surface area (Å²) in [4.78, 5) is 11.9. The van der Waals surface area contributed by atoms with E-state index < -0.39 is 0 Å². The van der Waals surface area contributed by atoms with Crippen molar-refractivity contribution in [1.82, 2.24) is 10.6 Å². The molecule has 0 aromatic carbocycles. The van der Waals surface area contributed by atoms with Crippen LogP contribution in [-0.2, 0) is 4.74 Å². The van der Waals surface area contributed by atoms with E-state index in [0.717, 1.165) is 25.7 Å². The van der Waals surface area contributed by atoms with Crippen LogP contribution in [0.25, 0.3) is 0 Å². The third-order valence-electron chi connectivity index (χ3n) is 3.97. The zero-order chi connectivity index (χ0) is 14.3. The van der Waals surface area contributed by atoms with Crippen molar-refractivity contribution in [2.75, 3.05) is 20.3 Å². The Kier molecular flexibility index (Phi) is 7.16. The number of ether oxygens (including phenoxy) is 1. The zero-order valence-corrected chi connectivity index (χ0v) is 12.3. The first kappa shape index (κ1) is 16.2. The molecule has 3 atom stereocenters. The van der Waals surface area contributed by atoms with E-state index >= 15 is 0 Å². The number of amides is 2. The van der Waals surface area contributed by atoms with Gasteiger partial charge in [0.05, 0.1) is 6.10 Å². The van der Waals surface area contributed by atoms with Gasteiger partial charge in [-0.25, -0.2) is 4.79 Å². The summed E-state index contributed by atoms with van der Waals surface area (Å²) in [6, 6.07) is -0.0631. The maximum absolute atomic E-state index is 11.9. The number of hydrogen-bond acceptors (Lipinski definition) is 3. The average Bonchev–Trinajstić information content (AvgIpc) is 2.39. The molecule has 0 aromatic rings. The van der Waals surface area contributed by atoms with Crippen molar-refractivity contribution < 1.29 is 14.6 Å². The Hall–Kier alpha value is -0.810. The standard InChI is InChI=1S/C14H28N2O3/c1-10(2)13(19-3)8-15-14(18)16-12-7-5-4-6-11(12)9-17/h10-13,17H,4-9H2,1-3H3,(H2,15,16,18)/t11-,12-,13-/m1/s1. The summed E-state index contributed by atoms with van der Waals surface area (Å²) in [7, 11) is 1.66. The molecule has 112 valence electrons. The molecule has 0 spiro atoms. The fourth-order valence-electron chi connectivity index (χ4n) is 2.62. The molecule has 0 heterocycles. The number of aliphatic hydroxyl groups excluding tert-OH is 1. The monoisotopic (exact) mass is 272 g/mol. The van der Waals surface area contributed by atoms with Gasteiger partial charge in [-0.3, -0.25) is 0 Å². The van der Waals surface area contributed by atoms with E-state index in [0.29, 0.717) is 12.5 Å². The van der Waals surface area contributed by atoms with Crippen molar-refractivity contribution >= 4 is 6.03 Å². The van der Waals surface area contributed by atoms with E-state index in [1.165, 1.54) is 0 Å². The summed E-state index contributed by atoms with van der Waals surface area (Å²) in [5.41, 5.74) is 0. The quantitative estimate of drug-likeness (QED) is 0.686. The van der Waals surface area contributed by atoms with Gasteiger partial charge in [0.2, 0.25) is 0 Å². The number of urea groups is 1. The van der Waals surface area contributed by atoms with Crippen molar-refractivity contribution in [1.29, 1.82) is 0 Å². The van der Waals surface area contributed by atoms with E-state index in [9.17, 15) is 9.90 Å². The number of methoxy groups -OCH3 is 1. The first-order chi connectivity index (χ1) is 9.08. The number of nitrogens with one attached hydrogen (secondary N) is 2. The molecule has 1 rings (SSSR count). The molecule has 0 unspecified atom stereocenters. The molecule has 1 fully saturated rings. The Morgan fingerprint density at radius 2 is 2.05 bits per heavy atom. The number of hydrogen-bond donors (Lipinski definition) is 3. The van der Waals surface area contributed by atoms with Gasteiger partial charge in [-0.1, -0.05) is 26.7 Å². The lowest BCUT2D eigenvalue weighted by Gasteiger charge is -2.31. The van der Waals surface area contributed by atoms with Crippen molar-refractivity contribution in [3.63, 3.8) is 0 Å². The maximum Gasteiger partial charge on any atom is 0.315 e. The van der Waals surface area contributed by atoms with Gasteiger partial charge < -0.3 is 20.5 Å². The van der Waals surface area contributed by atoms with Crippen molar-refractivity contribution in [3.8, 4) is 0 Å². The summed E-state index contributed by atoms with van der Waals surface area (Å²) in [6.07, 6.45) is 4.24. The molecular weight excluding hydrogens is 244 g/mol. The summed E-state index contributed by atoms with van der Waals surface area (Å²) in [6.45, 7) is 4.79. The molecule has 1 aliphatic carbocycles. The van der Waals surface area contributed by atoms with Crippen LogP contribution in [0.2, 0.25) is 0 Å². The van der Waals surface area contributed by atoms with Crippen molar-refractivity contribution in [2.24, 2.45) is 11.8 Å². The normalized spacial score (nSPS) is 25.1. The van der Waals surface area contributed by atoms with Crippen LogP contribution in [-0.4, -0.2) is 43.5 Å². The van der Waals surface area contributed by atoms with Gasteiger partial charge in [0.25, 0.3) is 0 Å². The molecule has 2 amide bonds. The lowest BCUT2D eigenvalue weighted by atomic mass is 9.85. The van der Waals surface area contributed by atoms with Gasteiger partial charge in [0.1, 0.15) is 0 Å². The lowest BCUT2D eigenvalue weighted by Crippen LogP contribution is -2.49. The van der Waals surface area contributed by atoms with E-state index in [4.69, 9.17) is 4.74 Å². The van der Waals surface area contributed by atoms with Crippen LogP contribution >= 0.6 is 0 Å². The molecule has 0 aromatic heterocycles. The predicted octanol–water partition coefficient (Wildman–Crippen LogP) is 1.51. The van der Waals surface area contributed by atoms with E-state index in [1.807, 2.05) is 0 Å². The summed E-state index contributed by atoms with van der Waals surface area (Å²) < 4.78 is 5.31. The van der Waals surface area contributed by atoms with Gasteiger partial charge >= 0.3 is 6.03 Å². The van der Waals surface area contributed by atoms with E-state index in [1.54, 1.807) is 7.11 Å². The second kappa shape index (κ2) is 8.38. The van der Waals surface area contributed by atoms with Crippen LogP contribution in [0.1, 0.15) is 39.5 Å². The highest BCUT2D eigenvalue weighted by atomic mass is 16.5. The first-order valence-electron chi connectivity index (χ1n) is 7.26. The van der Waals surface area contributed by atoms with Gasteiger partial charge in [0.15, 0.2) is 0 Å². The van der Waals surface area contributed by atoms with E-state index in [2.05, 4.69) is 24.5 Å². The van der Waals surface area contributed by atoms with Crippen molar-refractivity contribution in [3.05, 3.63) is 0 Å². The Morgan fingerprint density at radius 1 is 1.37 bits per heavy atom. The molecule has 5 heteroatoms. The summed E-state index contributed by atoms with van der Waals surface area (Å²) in [5.74, 6) is 0.563. The fraction of sp³-hybridized carbons (Fsp3) is 0.929. The molecule has 0 aliphatic heterocycles. The maximum atomic E-state index is 11.9. The summed E-state index contributed by atoms with van der Waals surface area (Å²) in [5, 5.41) is 15.1. The van der Waals surface area contributed by atoms with Crippen LogP contribution in [0.3, 0.4) is 0 Å². The highest BCUT2D eigenvalue weighted by Gasteiger charge is 2.26. The molecule has 19 heavy (non-hydrogen) atoms. The molecule has 1 saturated carbocycles. The molecular formula is C14H28N2O3. The fourth-order valence-corrected chi connectivity index (χ4v) is 2.62. The minimum absolute atomic E-state index is 0.0331. The second-order valence-electron chi connectivity index (χ2n) is 5.71. The van der Waals surface area contributed by atoms with Crippen LogP contribution in [0.5, 0.6) is 0 Å². The Labute approximate surface area is 116 Å². The van der Waals surface area contributed by atoms with E-state index in [-0.39, 0.29) is 30.7 Å². The Morgan fingerprint density at radius 3 is 2.63 bits per heavy atom. The average molecular weight is 272 g/mol. The molecule has 0 radical (unpaired) electrons. The van der Waals surface area contributed by atoms with Gasteiger partial charge in [0, 0.05) is 32.2 Å². The van der Waals surface area contributed by atoms with Crippen LogP contribution in [0, 0.1) is 11.8 Å². The van der Waals surface area contributed by atoms with Gasteiger partial charge in [-0.05, 0) is 18.8 Å². The number of carbonyl (C=O) groups excluding carboxylic acids is 1. The molecule has 0 saturated heterocycles. The van der Waals surface area contributed by atoms with Gasteiger partial charge in [-0.2, -0.15) is 0 Å². The number of aliphatic hydroxyl groups is 1. The first-order valence-corrected chi connectivity index (χ1v) is 7.26. The molecule has 3 N–H and O–H groups in total. The van der Waals surface area contributed by atoms with Crippen LogP contribution in [0.15, 0.2) is 0 Å². The van der Waals surface area contributed by atoms with Crippen LogP contribution < -0.4 is 10.6 Å². The van der Waals surface area contributed by atoms with Crippen LogP contribution in [0.4, 0.5) is 4.79 Å². The highest BCUT2D eigenvalue weighted by Crippen LogP contribution is 2.23. The third kappa shape index (κ3) is 5.37. The third-order valence-corrected chi connectivity index (χ3v) is 3.97. The number of carbonyl (C=O) groups is 1. The summed E-state index contributed by atoms with van der Waals surface area (Å²) >= 11 is 0.